The van der Waals surface area contributed by atoms with Crippen molar-refractivity contribution in [3.63, 3.8) is 0 Å². The molecule has 8 heteroatoms. The first-order valence-electron chi connectivity index (χ1n) is 5.15. The van der Waals surface area contributed by atoms with Crippen LogP contribution in [-0.4, -0.2) is 16.2 Å². The zero-order chi connectivity index (χ0) is 13.8. The van der Waals surface area contributed by atoms with Crippen LogP contribution in [0.3, 0.4) is 0 Å². The summed E-state index contributed by atoms with van der Waals surface area (Å²) >= 11 is 6.99. The van der Waals surface area contributed by atoms with Crippen LogP contribution in [-0.2, 0) is 0 Å². The minimum absolute atomic E-state index is 0.0128. The van der Waals surface area contributed by atoms with Crippen LogP contribution in [0.5, 0.6) is 11.6 Å². The summed E-state index contributed by atoms with van der Waals surface area (Å²) in [4.78, 5) is 8.16. The second-order valence-corrected chi connectivity index (χ2v) is 4.56. The van der Waals surface area contributed by atoms with E-state index in [2.05, 4.69) is 15.4 Å². The van der Waals surface area contributed by atoms with E-state index in [1.807, 2.05) is 0 Å². The van der Waals surface area contributed by atoms with Crippen molar-refractivity contribution in [2.24, 2.45) is 5.84 Å². The zero-order valence-electron chi connectivity index (χ0n) is 9.85. The van der Waals surface area contributed by atoms with E-state index in [4.69, 9.17) is 22.2 Å². The van der Waals surface area contributed by atoms with Gasteiger partial charge in [-0.15, -0.1) is 0 Å². The van der Waals surface area contributed by atoms with Gasteiger partial charge in [0, 0.05) is 6.07 Å². The number of nitrogens with zero attached hydrogens (tertiary/aromatic N) is 2. The first kappa shape index (κ1) is 13.9. The molecule has 2 rings (SSSR count). The summed E-state index contributed by atoms with van der Waals surface area (Å²) in [6.45, 7) is 0. The highest BCUT2D eigenvalue weighted by atomic mass is 35.5. The molecule has 0 aliphatic carbocycles. The lowest BCUT2D eigenvalue weighted by molar-refractivity contribution is 0.423. The van der Waals surface area contributed by atoms with E-state index in [-0.39, 0.29) is 16.7 Å². The van der Waals surface area contributed by atoms with Crippen LogP contribution in [0, 0.1) is 5.82 Å². The number of ether oxygens (including phenoxy) is 1. The van der Waals surface area contributed by atoms with E-state index in [1.54, 1.807) is 12.3 Å². The van der Waals surface area contributed by atoms with Gasteiger partial charge in [0.15, 0.2) is 16.7 Å². The molecule has 5 nitrogen and oxygen atoms in total. The third kappa shape index (κ3) is 3.25. The molecule has 0 aliphatic heterocycles. The highest BCUT2D eigenvalue weighted by Crippen LogP contribution is 2.29. The maximum atomic E-state index is 13.7. The van der Waals surface area contributed by atoms with Crippen LogP contribution in [0.4, 0.5) is 10.2 Å². The molecule has 0 aliphatic rings. The molecule has 0 atom stereocenters. The van der Waals surface area contributed by atoms with Crippen LogP contribution < -0.4 is 16.0 Å². The predicted octanol–water partition coefficient (Wildman–Crippen LogP) is 3.07. The van der Waals surface area contributed by atoms with Gasteiger partial charge in [0.1, 0.15) is 5.82 Å². The van der Waals surface area contributed by atoms with Gasteiger partial charge in [-0.2, -0.15) is 4.98 Å². The molecule has 0 amide bonds. The number of anilines is 1. The molecule has 0 bridgehead atoms. The van der Waals surface area contributed by atoms with E-state index in [1.165, 1.54) is 30.0 Å². The number of nitrogens with two attached hydrogens (primary N) is 1. The maximum absolute atomic E-state index is 13.7. The minimum Gasteiger partial charge on any atom is -0.436 e. The molecule has 0 spiro atoms. The van der Waals surface area contributed by atoms with E-state index in [0.717, 1.165) is 0 Å². The van der Waals surface area contributed by atoms with Crippen molar-refractivity contribution in [3.05, 3.63) is 35.1 Å². The Morgan fingerprint density at radius 1 is 1.42 bits per heavy atom. The first-order chi connectivity index (χ1) is 9.13. The highest BCUT2D eigenvalue weighted by molar-refractivity contribution is 7.98. The summed E-state index contributed by atoms with van der Waals surface area (Å²) in [5.41, 5.74) is 2.39. The van der Waals surface area contributed by atoms with Crippen LogP contribution in [0.2, 0.25) is 5.02 Å². The number of nitrogens with one attached hydrogen (secondary N) is 1. The molecule has 0 radical (unpaired) electrons. The number of thioether (sulfide) groups is 1. The Morgan fingerprint density at radius 3 is 2.89 bits per heavy atom. The molecular weight excluding hydrogens is 291 g/mol. The monoisotopic (exact) mass is 300 g/mol. The maximum Gasteiger partial charge on any atom is 0.225 e. The van der Waals surface area contributed by atoms with E-state index in [9.17, 15) is 4.39 Å². The molecule has 3 N–H and O–H groups in total. The van der Waals surface area contributed by atoms with Crippen molar-refractivity contribution in [1.82, 2.24) is 9.97 Å². The molecule has 1 aromatic heterocycles. The molecule has 0 unspecified atom stereocenters. The number of halogens is 2. The number of hydrogen-bond acceptors (Lipinski definition) is 6. The largest absolute Gasteiger partial charge is 0.436 e. The van der Waals surface area contributed by atoms with Gasteiger partial charge in [0.25, 0.3) is 0 Å². The fourth-order valence-corrected chi connectivity index (χ4v) is 1.83. The summed E-state index contributed by atoms with van der Waals surface area (Å²) < 4.78 is 19.1. The number of aromatic nitrogens is 2. The fraction of sp³-hybridized carbons (Fsp3) is 0.0909. The Hall–Kier alpha value is -1.57. The zero-order valence-corrected chi connectivity index (χ0v) is 11.4. The Bertz CT molecular complexity index is 577. The Morgan fingerprint density at radius 2 is 2.21 bits per heavy atom. The second-order valence-electron chi connectivity index (χ2n) is 3.38. The van der Waals surface area contributed by atoms with Crippen LogP contribution >= 0.6 is 23.4 Å². The summed E-state index contributed by atoms with van der Waals surface area (Å²) in [6.07, 6.45) is 1.80. The number of benzene rings is 1. The Balaban J connectivity index is 2.34. The topological polar surface area (TPSA) is 73.1 Å². The number of rotatable bonds is 4. The molecule has 0 saturated heterocycles. The Kier molecular flexibility index (Phi) is 4.41. The summed E-state index contributed by atoms with van der Waals surface area (Å²) in [6, 6.07) is 5.93. The van der Waals surface area contributed by atoms with Crippen LogP contribution in [0.25, 0.3) is 0 Å². The van der Waals surface area contributed by atoms with Crippen molar-refractivity contribution in [2.45, 2.75) is 5.16 Å². The van der Waals surface area contributed by atoms with Crippen LogP contribution in [0.15, 0.2) is 29.4 Å². The van der Waals surface area contributed by atoms with Gasteiger partial charge in [-0.25, -0.2) is 15.2 Å². The third-order valence-electron chi connectivity index (χ3n) is 2.14. The van der Waals surface area contributed by atoms with Gasteiger partial charge in [-0.3, -0.25) is 0 Å². The average Bonchev–Trinajstić information content (AvgIpc) is 2.43. The predicted molar refractivity (Wildman–Crippen MR) is 73.1 cm³/mol. The lowest BCUT2D eigenvalue weighted by Gasteiger charge is -2.09. The van der Waals surface area contributed by atoms with Crippen molar-refractivity contribution in [3.8, 4) is 11.6 Å². The van der Waals surface area contributed by atoms with Gasteiger partial charge in [-0.05, 0) is 18.4 Å². The Labute approximate surface area is 118 Å². The molecule has 0 fully saturated rings. The summed E-state index contributed by atoms with van der Waals surface area (Å²) in [5.74, 6) is 5.18. The number of nitrogen functional groups attached to an aromatic ring is 1. The van der Waals surface area contributed by atoms with Gasteiger partial charge < -0.3 is 10.2 Å². The lowest BCUT2D eigenvalue weighted by Crippen LogP contribution is -2.09. The van der Waals surface area contributed by atoms with Crippen LogP contribution in [0.1, 0.15) is 0 Å². The molecule has 100 valence electrons. The number of hydrogen-bond donors (Lipinski definition) is 2. The van der Waals surface area contributed by atoms with Gasteiger partial charge in [0.05, 0.1) is 5.02 Å². The molecule has 19 heavy (non-hydrogen) atoms. The molecule has 1 heterocycles. The second kappa shape index (κ2) is 6.05. The lowest BCUT2D eigenvalue weighted by atomic mass is 10.3. The van der Waals surface area contributed by atoms with Gasteiger partial charge >= 0.3 is 0 Å². The van der Waals surface area contributed by atoms with Gasteiger partial charge in [0.2, 0.25) is 5.88 Å². The van der Waals surface area contributed by atoms with Crippen molar-refractivity contribution < 1.29 is 9.13 Å². The summed E-state index contributed by atoms with van der Waals surface area (Å²) in [7, 11) is 0. The minimum atomic E-state index is -0.643. The third-order valence-corrected chi connectivity index (χ3v) is 2.98. The first-order valence-corrected chi connectivity index (χ1v) is 6.76. The SMILES string of the molecule is CSc1nc(NN)cc(Oc2cccc(Cl)c2F)n1. The average molecular weight is 301 g/mol. The normalized spacial score (nSPS) is 10.3. The van der Waals surface area contributed by atoms with Crippen molar-refractivity contribution >= 4 is 29.2 Å². The van der Waals surface area contributed by atoms with Crippen molar-refractivity contribution in [2.75, 3.05) is 11.7 Å². The molecular formula is C11H10ClFN4OS. The summed E-state index contributed by atoms with van der Waals surface area (Å²) in [5, 5.41) is 0.432. The number of hydrazine groups is 1. The quantitative estimate of drug-likeness (QED) is 0.391. The smallest absolute Gasteiger partial charge is 0.225 e. The van der Waals surface area contributed by atoms with E-state index >= 15 is 0 Å². The standard InChI is InChI=1S/C11H10ClFN4OS/c1-19-11-15-8(17-14)5-9(16-11)18-7-4-2-3-6(12)10(7)13/h2-5H,14H2,1H3,(H,15,16,17). The highest BCUT2D eigenvalue weighted by Gasteiger charge is 2.11. The molecule has 0 saturated carbocycles. The molecule has 1 aromatic carbocycles. The fourth-order valence-electron chi connectivity index (χ4n) is 1.30. The van der Waals surface area contributed by atoms with Gasteiger partial charge in [-0.1, -0.05) is 29.4 Å². The van der Waals surface area contributed by atoms with Crippen molar-refractivity contribution in [1.29, 1.82) is 0 Å². The van der Waals surface area contributed by atoms with E-state index in [0.29, 0.717) is 11.0 Å². The molecule has 2 aromatic rings. The van der Waals surface area contributed by atoms with E-state index < -0.39 is 5.82 Å².